The third kappa shape index (κ3) is 3.25. The fraction of sp³-hybridized carbons (Fsp3) is 0.214. The highest BCUT2D eigenvalue weighted by molar-refractivity contribution is 7.07. The van der Waals surface area contributed by atoms with Gasteiger partial charge in [-0.1, -0.05) is 30.3 Å². The minimum atomic E-state index is -0.491. The Morgan fingerprint density at radius 3 is 2.65 bits per heavy atom. The summed E-state index contributed by atoms with van der Waals surface area (Å²) in [5.74, 6) is 0.0994. The van der Waals surface area contributed by atoms with Gasteiger partial charge in [-0.3, -0.25) is 4.79 Å². The van der Waals surface area contributed by atoms with E-state index in [9.17, 15) is 4.79 Å². The molecule has 0 spiro atoms. The molecule has 1 heterocycles. The number of thiophene rings is 1. The smallest absolute Gasteiger partial charge is 0.154 e. The number of ketones is 1. The molecule has 0 radical (unpaired) electrons. The maximum absolute atomic E-state index is 11.9. The lowest BCUT2D eigenvalue weighted by atomic mass is 9.99. The summed E-state index contributed by atoms with van der Waals surface area (Å²) < 4.78 is 0. The van der Waals surface area contributed by atoms with Crippen molar-refractivity contribution in [3.05, 3.63) is 58.3 Å². The van der Waals surface area contributed by atoms with Crippen LogP contribution in [0.1, 0.15) is 23.6 Å². The summed E-state index contributed by atoms with van der Waals surface area (Å²) in [7, 11) is 0. The van der Waals surface area contributed by atoms with E-state index in [0.717, 1.165) is 12.0 Å². The fourth-order valence-corrected chi connectivity index (χ4v) is 2.41. The Morgan fingerprint density at radius 1 is 1.24 bits per heavy atom. The van der Waals surface area contributed by atoms with E-state index in [2.05, 4.69) is 5.38 Å². The number of hydrogen-bond donors (Lipinski definition) is 1. The van der Waals surface area contributed by atoms with Crippen molar-refractivity contribution in [1.82, 2.24) is 0 Å². The molecule has 88 valence electrons. The lowest BCUT2D eigenvalue weighted by Gasteiger charge is -2.10. The summed E-state index contributed by atoms with van der Waals surface area (Å²) in [6.07, 6.45) is 1.29. The summed E-state index contributed by atoms with van der Waals surface area (Å²) in [6, 6.07) is 11.1. The minimum Gasteiger partial charge on any atom is -0.318 e. The molecule has 3 heteroatoms. The van der Waals surface area contributed by atoms with E-state index in [-0.39, 0.29) is 5.78 Å². The Labute approximate surface area is 105 Å². The highest BCUT2D eigenvalue weighted by Crippen LogP contribution is 2.15. The Morgan fingerprint density at radius 2 is 2.00 bits per heavy atom. The Balaban J connectivity index is 1.92. The lowest BCUT2D eigenvalue weighted by Crippen LogP contribution is -2.21. The van der Waals surface area contributed by atoms with E-state index in [1.165, 1.54) is 5.56 Å². The third-order valence-corrected chi connectivity index (χ3v) is 3.48. The van der Waals surface area contributed by atoms with Crippen LogP contribution in [0.25, 0.3) is 0 Å². The van der Waals surface area contributed by atoms with Gasteiger partial charge in [-0.2, -0.15) is 11.3 Å². The van der Waals surface area contributed by atoms with Gasteiger partial charge in [0.25, 0.3) is 0 Å². The van der Waals surface area contributed by atoms with Gasteiger partial charge in [0.1, 0.15) is 0 Å². The molecule has 0 aliphatic rings. The molecule has 0 saturated carbocycles. The molecule has 1 unspecified atom stereocenters. The molecule has 0 amide bonds. The first-order valence-corrected chi connectivity index (χ1v) is 6.56. The Bertz CT molecular complexity index is 464. The van der Waals surface area contributed by atoms with Gasteiger partial charge in [-0.25, -0.2) is 0 Å². The van der Waals surface area contributed by atoms with Gasteiger partial charge in [0, 0.05) is 6.42 Å². The fourth-order valence-electron chi connectivity index (χ4n) is 1.70. The van der Waals surface area contributed by atoms with E-state index < -0.39 is 6.04 Å². The van der Waals surface area contributed by atoms with Crippen molar-refractivity contribution in [1.29, 1.82) is 0 Å². The molecule has 0 saturated heterocycles. The monoisotopic (exact) mass is 245 g/mol. The van der Waals surface area contributed by atoms with Crippen molar-refractivity contribution in [2.45, 2.75) is 18.9 Å². The first-order chi connectivity index (χ1) is 8.27. The highest BCUT2D eigenvalue weighted by atomic mass is 32.1. The van der Waals surface area contributed by atoms with Gasteiger partial charge < -0.3 is 5.73 Å². The first-order valence-electron chi connectivity index (χ1n) is 5.61. The van der Waals surface area contributed by atoms with Crippen molar-refractivity contribution in [3.63, 3.8) is 0 Å². The number of rotatable bonds is 5. The molecular formula is C14H15NOS. The van der Waals surface area contributed by atoms with Gasteiger partial charge in [0.2, 0.25) is 0 Å². The third-order valence-electron chi connectivity index (χ3n) is 2.75. The zero-order chi connectivity index (χ0) is 12.1. The SMILES string of the molecule is NC(C(=O)CCc1ccsc1)c1ccccc1. The molecule has 0 bridgehead atoms. The van der Waals surface area contributed by atoms with E-state index in [4.69, 9.17) is 5.73 Å². The zero-order valence-electron chi connectivity index (χ0n) is 9.50. The van der Waals surface area contributed by atoms with E-state index >= 15 is 0 Å². The van der Waals surface area contributed by atoms with Crippen LogP contribution in [0.4, 0.5) is 0 Å². The number of benzene rings is 1. The summed E-state index contributed by atoms with van der Waals surface area (Å²) in [4.78, 5) is 11.9. The van der Waals surface area contributed by atoms with Crippen LogP contribution in [0.5, 0.6) is 0 Å². The van der Waals surface area contributed by atoms with Crippen LogP contribution in [-0.2, 0) is 11.2 Å². The summed E-state index contributed by atoms with van der Waals surface area (Å²) >= 11 is 1.65. The normalized spacial score (nSPS) is 12.3. The number of carbonyl (C=O) groups is 1. The van der Waals surface area contributed by atoms with Crippen LogP contribution >= 0.6 is 11.3 Å². The summed E-state index contributed by atoms with van der Waals surface area (Å²) in [5.41, 5.74) is 8.03. The van der Waals surface area contributed by atoms with Gasteiger partial charge >= 0.3 is 0 Å². The molecule has 1 atom stereocenters. The van der Waals surface area contributed by atoms with Crippen LogP contribution in [-0.4, -0.2) is 5.78 Å². The number of aryl methyl sites for hydroxylation is 1. The van der Waals surface area contributed by atoms with E-state index in [1.807, 2.05) is 41.8 Å². The zero-order valence-corrected chi connectivity index (χ0v) is 10.3. The van der Waals surface area contributed by atoms with Crippen LogP contribution < -0.4 is 5.73 Å². The molecule has 0 aliphatic carbocycles. The van der Waals surface area contributed by atoms with E-state index in [0.29, 0.717) is 6.42 Å². The predicted octanol–water partition coefficient (Wildman–Crippen LogP) is 2.95. The minimum absolute atomic E-state index is 0.0994. The molecule has 2 aromatic rings. The van der Waals surface area contributed by atoms with Gasteiger partial charge in [0.15, 0.2) is 5.78 Å². The van der Waals surface area contributed by atoms with Crippen LogP contribution in [0.2, 0.25) is 0 Å². The second-order valence-corrected chi connectivity index (χ2v) is 4.77. The predicted molar refractivity (Wildman–Crippen MR) is 71.0 cm³/mol. The molecule has 2 N–H and O–H groups in total. The van der Waals surface area contributed by atoms with Crippen LogP contribution in [0.15, 0.2) is 47.2 Å². The van der Waals surface area contributed by atoms with Crippen LogP contribution in [0.3, 0.4) is 0 Å². The average Bonchev–Trinajstić information content (AvgIpc) is 2.89. The van der Waals surface area contributed by atoms with Crippen molar-refractivity contribution in [3.8, 4) is 0 Å². The van der Waals surface area contributed by atoms with Crippen molar-refractivity contribution < 1.29 is 4.79 Å². The average molecular weight is 245 g/mol. The van der Waals surface area contributed by atoms with Crippen molar-refractivity contribution >= 4 is 17.1 Å². The van der Waals surface area contributed by atoms with Gasteiger partial charge in [-0.15, -0.1) is 0 Å². The molecular weight excluding hydrogens is 230 g/mol. The Hall–Kier alpha value is -1.45. The molecule has 2 rings (SSSR count). The Kier molecular flexibility index (Phi) is 4.07. The molecule has 17 heavy (non-hydrogen) atoms. The highest BCUT2D eigenvalue weighted by Gasteiger charge is 2.14. The number of nitrogens with two attached hydrogens (primary N) is 1. The molecule has 0 aliphatic heterocycles. The quantitative estimate of drug-likeness (QED) is 0.880. The second-order valence-electron chi connectivity index (χ2n) is 3.99. The number of carbonyl (C=O) groups excluding carboxylic acids is 1. The molecule has 2 nitrogen and oxygen atoms in total. The second kappa shape index (κ2) is 5.75. The summed E-state index contributed by atoms with van der Waals surface area (Å²) in [6.45, 7) is 0. The lowest BCUT2D eigenvalue weighted by molar-refractivity contribution is -0.120. The van der Waals surface area contributed by atoms with Crippen LogP contribution in [0, 0.1) is 0 Å². The van der Waals surface area contributed by atoms with Crippen molar-refractivity contribution in [2.24, 2.45) is 5.73 Å². The molecule has 0 fully saturated rings. The number of hydrogen-bond acceptors (Lipinski definition) is 3. The maximum Gasteiger partial charge on any atom is 0.154 e. The summed E-state index contributed by atoms with van der Waals surface area (Å²) in [5, 5.41) is 4.10. The van der Waals surface area contributed by atoms with Gasteiger partial charge in [0.05, 0.1) is 6.04 Å². The van der Waals surface area contributed by atoms with Gasteiger partial charge in [-0.05, 0) is 34.4 Å². The standard InChI is InChI=1S/C14H15NOS/c15-14(12-4-2-1-3-5-12)13(16)7-6-11-8-9-17-10-11/h1-5,8-10,14H,6-7,15H2. The number of Topliss-reactive ketones (excluding diaryl/α,β-unsaturated/α-hetero) is 1. The molecule has 1 aromatic carbocycles. The van der Waals surface area contributed by atoms with E-state index in [1.54, 1.807) is 11.3 Å². The first kappa shape index (κ1) is 12.0. The molecule has 1 aromatic heterocycles. The topological polar surface area (TPSA) is 43.1 Å². The maximum atomic E-state index is 11.9. The van der Waals surface area contributed by atoms with Crippen molar-refractivity contribution in [2.75, 3.05) is 0 Å². The largest absolute Gasteiger partial charge is 0.318 e.